The molecule has 1 N–H and O–H groups in total. The molecule has 4 heteroatoms. The molecule has 1 aromatic rings. The lowest BCUT2D eigenvalue weighted by atomic mass is 10.1. The van der Waals surface area contributed by atoms with Gasteiger partial charge in [-0.1, -0.05) is 6.08 Å². The van der Waals surface area contributed by atoms with Crippen LogP contribution in [0.2, 0.25) is 0 Å². The molecule has 0 fully saturated rings. The number of nitrogens with zero attached hydrogens (tertiary/aromatic N) is 1. The average molecular weight is 244 g/mol. The summed E-state index contributed by atoms with van der Waals surface area (Å²) in [5.74, 6) is -0.998. The monoisotopic (exact) mass is 244 g/mol. The molecule has 4 nitrogen and oxygen atoms in total. The van der Waals surface area contributed by atoms with E-state index in [0.29, 0.717) is 11.3 Å². The number of Topliss-reactive ketones (excluding diaryl/α,β-unsaturated/α-hetero) is 1. The maximum atomic E-state index is 11.5. The molecule has 18 heavy (non-hydrogen) atoms. The predicted molar refractivity (Wildman–Crippen MR) is 72.1 cm³/mol. The van der Waals surface area contributed by atoms with Gasteiger partial charge in [0.1, 0.15) is 0 Å². The summed E-state index contributed by atoms with van der Waals surface area (Å²) in [5.41, 5.74) is 2.06. The summed E-state index contributed by atoms with van der Waals surface area (Å²) in [7, 11) is 1.99. The summed E-state index contributed by atoms with van der Waals surface area (Å²) in [4.78, 5) is 24.8. The highest BCUT2D eigenvalue weighted by Gasteiger charge is 2.27. The summed E-state index contributed by atoms with van der Waals surface area (Å²) >= 11 is 0. The third kappa shape index (κ3) is 2.27. The Hall–Kier alpha value is -2.10. The zero-order chi connectivity index (χ0) is 13.1. The molecule has 1 aliphatic rings. The number of hydrogen-bond acceptors (Lipinski definition) is 3. The van der Waals surface area contributed by atoms with E-state index in [9.17, 15) is 9.59 Å². The largest absolute Gasteiger partial charge is 0.375 e. The van der Waals surface area contributed by atoms with Gasteiger partial charge in [-0.3, -0.25) is 9.59 Å². The first-order valence-corrected chi connectivity index (χ1v) is 5.95. The fourth-order valence-corrected chi connectivity index (χ4v) is 1.97. The van der Waals surface area contributed by atoms with Crippen LogP contribution in [0.15, 0.2) is 30.9 Å². The van der Waals surface area contributed by atoms with E-state index in [0.717, 1.165) is 25.1 Å². The number of ketones is 1. The van der Waals surface area contributed by atoms with Crippen molar-refractivity contribution in [2.75, 3.05) is 23.8 Å². The first kappa shape index (κ1) is 12.4. The van der Waals surface area contributed by atoms with E-state index in [1.165, 1.54) is 0 Å². The van der Waals surface area contributed by atoms with Crippen LogP contribution in [0.1, 0.15) is 23.2 Å². The number of benzene rings is 1. The maximum absolute atomic E-state index is 11.5. The van der Waals surface area contributed by atoms with Gasteiger partial charge in [-0.05, 0) is 31.0 Å². The number of fused-ring (bicyclic) bond motifs is 1. The van der Waals surface area contributed by atoms with Crippen LogP contribution >= 0.6 is 0 Å². The molecule has 0 spiro atoms. The van der Waals surface area contributed by atoms with E-state index >= 15 is 0 Å². The molecule has 1 aliphatic heterocycles. The van der Waals surface area contributed by atoms with Crippen molar-refractivity contribution in [3.8, 4) is 0 Å². The molecule has 1 heterocycles. The van der Waals surface area contributed by atoms with E-state index < -0.39 is 11.7 Å². The summed E-state index contributed by atoms with van der Waals surface area (Å²) < 4.78 is 0. The van der Waals surface area contributed by atoms with E-state index in [2.05, 4.69) is 16.8 Å². The van der Waals surface area contributed by atoms with Crippen molar-refractivity contribution in [1.29, 1.82) is 0 Å². The predicted octanol–water partition coefficient (Wildman–Crippen LogP) is 2.22. The molecule has 1 amide bonds. The number of carbonyl (C=O) groups is 2. The van der Waals surface area contributed by atoms with Crippen LogP contribution < -0.4 is 10.2 Å². The number of carbonyl (C=O) groups excluding carboxylic acids is 2. The molecule has 0 unspecified atom stereocenters. The van der Waals surface area contributed by atoms with Gasteiger partial charge in [0.2, 0.25) is 0 Å². The normalized spacial score (nSPS) is 13.2. The number of hydrogen-bond donors (Lipinski definition) is 1. The zero-order valence-corrected chi connectivity index (χ0v) is 10.4. The standard InChI is InChI=1S/C14H16N2O2/c1-3-4-5-8-16(2)10-6-7-11-12(9-10)15-14(18)13(11)17/h3,6-7,9H,1,4-5,8H2,2H3,(H,15,17,18). The first-order valence-electron chi connectivity index (χ1n) is 5.95. The Balaban J connectivity index is 2.12. The van der Waals surface area contributed by atoms with Gasteiger partial charge in [0.05, 0.1) is 11.3 Å². The molecule has 1 aromatic carbocycles. The minimum atomic E-state index is -0.545. The Bertz CT molecular complexity index is 509. The topological polar surface area (TPSA) is 49.4 Å². The summed E-state index contributed by atoms with van der Waals surface area (Å²) in [6, 6.07) is 5.41. The minimum absolute atomic E-state index is 0.453. The maximum Gasteiger partial charge on any atom is 0.296 e. The second-order valence-corrected chi connectivity index (χ2v) is 4.37. The Morgan fingerprint density at radius 2 is 2.17 bits per heavy atom. The average Bonchev–Trinajstić information content (AvgIpc) is 2.65. The van der Waals surface area contributed by atoms with Gasteiger partial charge < -0.3 is 10.2 Å². The van der Waals surface area contributed by atoms with Gasteiger partial charge >= 0.3 is 0 Å². The van der Waals surface area contributed by atoms with Crippen molar-refractivity contribution >= 4 is 23.1 Å². The molecule has 0 aromatic heterocycles. The zero-order valence-electron chi connectivity index (χ0n) is 10.4. The van der Waals surface area contributed by atoms with E-state index in [1.54, 1.807) is 6.07 Å². The van der Waals surface area contributed by atoms with Crippen LogP contribution in [-0.4, -0.2) is 25.3 Å². The SMILES string of the molecule is C=CCCCN(C)c1ccc2c(c1)NC(=O)C2=O. The fourth-order valence-electron chi connectivity index (χ4n) is 1.97. The van der Waals surface area contributed by atoms with Crippen LogP contribution in [0.3, 0.4) is 0 Å². The second-order valence-electron chi connectivity index (χ2n) is 4.37. The molecular formula is C14H16N2O2. The van der Waals surface area contributed by atoms with Gasteiger partial charge in [0.25, 0.3) is 11.7 Å². The van der Waals surface area contributed by atoms with Crippen molar-refractivity contribution in [3.05, 3.63) is 36.4 Å². The van der Waals surface area contributed by atoms with Crippen molar-refractivity contribution < 1.29 is 9.59 Å². The lowest BCUT2D eigenvalue weighted by Gasteiger charge is -2.19. The van der Waals surface area contributed by atoms with Crippen molar-refractivity contribution in [2.45, 2.75) is 12.8 Å². The Morgan fingerprint density at radius 3 is 2.89 bits per heavy atom. The lowest BCUT2D eigenvalue weighted by molar-refractivity contribution is -0.112. The molecule has 94 valence electrons. The molecule has 0 saturated heterocycles. The molecule has 0 aliphatic carbocycles. The quantitative estimate of drug-likeness (QED) is 0.491. The van der Waals surface area contributed by atoms with Crippen LogP contribution in [0.4, 0.5) is 11.4 Å². The summed E-state index contributed by atoms with van der Waals surface area (Å²) in [5, 5.41) is 2.58. The summed E-state index contributed by atoms with van der Waals surface area (Å²) in [6.45, 7) is 4.60. The van der Waals surface area contributed by atoms with Crippen LogP contribution in [-0.2, 0) is 4.79 Å². The number of nitrogens with one attached hydrogen (secondary N) is 1. The Morgan fingerprint density at radius 1 is 1.39 bits per heavy atom. The third-order valence-corrected chi connectivity index (χ3v) is 3.04. The summed E-state index contributed by atoms with van der Waals surface area (Å²) in [6.07, 6.45) is 3.91. The number of anilines is 2. The highest BCUT2D eigenvalue weighted by Crippen LogP contribution is 2.27. The van der Waals surface area contributed by atoms with Crippen molar-refractivity contribution in [3.63, 3.8) is 0 Å². The van der Waals surface area contributed by atoms with Crippen molar-refractivity contribution in [2.24, 2.45) is 0 Å². The number of unbranched alkanes of at least 4 members (excludes halogenated alkanes) is 1. The van der Waals surface area contributed by atoms with Gasteiger partial charge in [-0.2, -0.15) is 0 Å². The molecule has 0 radical (unpaired) electrons. The molecule has 0 atom stereocenters. The third-order valence-electron chi connectivity index (χ3n) is 3.04. The first-order chi connectivity index (χ1) is 8.63. The molecule has 0 saturated carbocycles. The second kappa shape index (κ2) is 5.04. The van der Waals surface area contributed by atoms with Crippen LogP contribution in [0.25, 0.3) is 0 Å². The van der Waals surface area contributed by atoms with Gasteiger partial charge in [-0.25, -0.2) is 0 Å². The fraction of sp³-hybridized carbons (Fsp3) is 0.286. The Kier molecular flexibility index (Phi) is 3.46. The van der Waals surface area contributed by atoms with Gasteiger partial charge in [0, 0.05) is 19.3 Å². The lowest BCUT2D eigenvalue weighted by Crippen LogP contribution is -2.18. The molecular weight excluding hydrogens is 228 g/mol. The minimum Gasteiger partial charge on any atom is -0.375 e. The number of amides is 1. The smallest absolute Gasteiger partial charge is 0.296 e. The van der Waals surface area contributed by atoms with Gasteiger partial charge in [0.15, 0.2) is 0 Å². The van der Waals surface area contributed by atoms with Crippen LogP contribution in [0, 0.1) is 0 Å². The molecule has 0 bridgehead atoms. The van der Waals surface area contributed by atoms with Crippen LogP contribution in [0.5, 0.6) is 0 Å². The van der Waals surface area contributed by atoms with Crippen molar-refractivity contribution in [1.82, 2.24) is 0 Å². The van der Waals surface area contributed by atoms with E-state index in [4.69, 9.17) is 0 Å². The number of rotatable bonds is 5. The van der Waals surface area contributed by atoms with E-state index in [1.807, 2.05) is 25.3 Å². The Labute approximate surface area is 106 Å². The van der Waals surface area contributed by atoms with Gasteiger partial charge in [-0.15, -0.1) is 6.58 Å². The highest BCUT2D eigenvalue weighted by atomic mass is 16.2. The highest BCUT2D eigenvalue weighted by molar-refractivity contribution is 6.51. The van der Waals surface area contributed by atoms with E-state index in [-0.39, 0.29) is 0 Å². The number of allylic oxidation sites excluding steroid dienone is 1. The molecule has 2 rings (SSSR count).